The zero-order chi connectivity index (χ0) is 9.94. The van der Waals surface area contributed by atoms with E-state index in [1.54, 1.807) is 0 Å². The van der Waals surface area contributed by atoms with Crippen molar-refractivity contribution in [3.63, 3.8) is 0 Å². The van der Waals surface area contributed by atoms with Crippen molar-refractivity contribution in [3.8, 4) is 0 Å². The van der Waals surface area contributed by atoms with Gasteiger partial charge in [-0.1, -0.05) is 11.8 Å². The maximum atomic E-state index is 11.7. The summed E-state index contributed by atoms with van der Waals surface area (Å²) in [5.41, 5.74) is 0. The standard InChI is InChI=1S/C6H7F3O2S/c1-3(12-4(2)10)5(11)6(7,8)9/h3H,1-2H3. The molecule has 70 valence electrons. The molecule has 0 heterocycles. The number of hydrogen-bond acceptors (Lipinski definition) is 3. The van der Waals surface area contributed by atoms with Crippen molar-refractivity contribution in [2.75, 3.05) is 0 Å². The lowest BCUT2D eigenvalue weighted by Gasteiger charge is -2.09. The molecule has 0 rings (SSSR count). The number of rotatable bonds is 2. The molecule has 0 radical (unpaired) electrons. The Morgan fingerprint density at radius 3 is 2.00 bits per heavy atom. The zero-order valence-electron chi connectivity index (χ0n) is 6.44. The van der Waals surface area contributed by atoms with Gasteiger partial charge in [-0.3, -0.25) is 9.59 Å². The van der Waals surface area contributed by atoms with Gasteiger partial charge in [-0.2, -0.15) is 13.2 Å². The fraction of sp³-hybridized carbons (Fsp3) is 0.667. The Balaban J connectivity index is 4.21. The average molecular weight is 200 g/mol. The second-order valence-corrected chi connectivity index (χ2v) is 3.63. The first-order valence-corrected chi connectivity index (χ1v) is 3.91. The Morgan fingerprint density at radius 1 is 1.33 bits per heavy atom. The summed E-state index contributed by atoms with van der Waals surface area (Å²) in [5, 5.41) is -1.84. The van der Waals surface area contributed by atoms with Crippen molar-refractivity contribution >= 4 is 22.7 Å². The average Bonchev–Trinajstić information content (AvgIpc) is 1.82. The minimum absolute atomic E-state index is 0.381. The van der Waals surface area contributed by atoms with Crippen LogP contribution in [0, 0.1) is 0 Å². The molecule has 0 aliphatic rings. The van der Waals surface area contributed by atoms with Crippen molar-refractivity contribution in [3.05, 3.63) is 0 Å². The first-order chi connectivity index (χ1) is 5.25. The van der Waals surface area contributed by atoms with Gasteiger partial charge in [0.05, 0.1) is 5.25 Å². The van der Waals surface area contributed by atoms with Crippen LogP contribution in [0.5, 0.6) is 0 Å². The fourth-order valence-electron chi connectivity index (χ4n) is 0.533. The van der Waals surface area contributed by atoms with Crippen molar-refractivity contribution in [1.82, 2.24) is 0 Å². The predicted molar refractivity (Wildman–Crippen MR) is 38.8 cm³/mol. The number of halogens is 3. The first kappa shape index (κ1) is 11.5. The Kier molecular flexibility index (Phi) is 3.76. The van der Waals surface area contributed by atoms with Gasteiger partial charge in [0, 0.05) is 6.92 Å². The van der Waals surface area contributed by atoms with Crippen LogP contribution < -0.4 is 0 Å². The fourth-order valence-corrected chi connectivity index (χ4v) is 1.27. The molecule has 0 aliphatic heterocycles. The molecule has 0 aliphatic carbocycles. The number of hydrogen-bond donors (Lipinski definition) is 0. The molecule has 0 N–H and O–H groups in total. The third-order valence-corrected chi connectivity index (χ3v) is 1.89. The maximum Gasteiger partial charge on any atom is 0.451 e. The number of carbonyl (C=O) groups excluding carboxylic acids is 2. The Hall–Kier alpha value is -0.520. The van der Waals surface area contributed by atoms with Gasteiger partial charge in [0.1, 0.15) is 0 Å². The van der Waals surface area contributed by atoms with Crippen molar-refractivity contribution < 1.29 is 22.8 Å². The van der Waals surface area contributed by atoms with Gasteiger partial charge in [-0.05, 0) is 6.92 Å². The Labute approximate surface area is 71.5 Å². The van der Waals surface area contributed by atoms with E-state index in [1.165, 1.54) is 0 Å². The third kappa shape index (κ3) is 3.75. The van der Waals surface area contributed by atoms with Gasteiger partial charge in [0.15, 0.2) is 5.12 Å². The van der Waals surface area contributed by atoms with E-state index in [4.69, 9.17) is 0 Å². The van der Waals surface area contributed by atoms with Gasteiger partial charge < -0.3 is 0 Å². The van der Waals surface area contributed by atoms with Crippen LogP contribution in [0.3, 0.4) is 0 Å². The highest BCUT2D eigenvalue weighted by Gasteiger charge is 2.42. The zero-order valence-corrected chi connectivity index (χ0v) is 7.25. The molecule has 12 heavy (non-hydrogen) atoms. The maximum absolute atomic E-state index is 11.7. The lowest BCUT2D eigenvalue weighted by molar-refractivity contribution is -0.170. The molecular weight excluding hydrogens is 193 g/mol. The Morgan fingerprint density at radius 2 is 1.75 bits per heavy atom. The molecule has 0 fully saturated rings. The van der Waals surface area contributed by atoms with E-state index in [2.05, 4.69) is 0 Å². The number of thioether (sulfide) groups is 1. The highest BCUT2D eigenvalue weighted by Crippen LogP contribution is 2.24. The van der Waals surface area contributed by atoms with Crippen LogP contribution >= 0.6 is 11.8 Å². The third-order valence-electron chi connectivity index (χ3n) is 0.991. The second-order valence-electron chi connectivity index (χ2n) is 2.11. The molecule has 1 unspecified atom stereocenters. The summed E-state index contributed by atoms with van der Waals surface area (Å²) in [6.45, 7) is 2.17. The van der Waals surface area contributed by atoms with E-state index in [0.29, 0.717) is 11.8 Å². The van der Waals surface area contributed by atoms with Crippen molar-refractivity contribution in [2.24, 2.45) is 0 Å². The molecule has 6 heteroatoms. The van der Waals surface area contributed by atoms with Crippen molar-refractivity contribution in [2.45, 2.75) is 25.3 Å². The van der Waals surface area contributed by atoms with Crippen LogP contribution in [0.1, 0.15) is 13.8 Å². The lowest BCUT2D eigenvalue weighted by atomic mass is 10.3. The van der Waals surface area contributed by atoms with Gasteiger partial charge in [0.2, 0.25) is 5.78 Å². The minimum atomic E-state index is -4.85. The minimum Gasteiger partial charge on any atom is -0.288 e. The molecule has 1 atom stereocenters. The quantitative estimate of drug-likeness (QED) is 0.681. The van der Waals surface area contributed by atoms with Gasteiger partial charge in [0.25, 0.3) is 0 Å². The molecule has 0 saturated carbocycles. The molecule has 0 saturated heterocycles. The van der Waals surface area contributed by atoms with Gasteiger partial charge in [-0.25, -0.2) is 0 Å². The number of Topliss-reactive ketones (excluding diaryl/α,β-unsaturated/α-hetero) is 1. The Bertz CT molecular complexity index is 199. The van der Waals surface area contributed by atoms with Crippen LogP contribution in [-0.2, 0) is 9.59 Å². The molecule has 0 spiro atoms. The molecule has 0 bridgehead atoms. The van der Waals surface area contributed by atoms with E-state index >= 15 is 0 Å². The van der Waals surface area contributed by atoms with Crippen LogP contribution in [-0.4, -0.2) is 22.3 Å². The molecule has 0 aromatic heterocycles. The molecule has 2 nitrogen and oxygen atoms in total. The number of carbonyl (C=O) groups is 2. The summed E-state index contributed by atoms with van der Waals surface area (Å²) in [5.74, 6) is -1.87. The summed E-state index contributed by atoms with van der Waals surface area (Å²) in [4.78, 5) is 20.7. The summed E-state index contributed by atoms with van der Waals surface area (Å²) in [6, 6.07) is 0. The highest BCUT2D eigenvalue weighted by atomic mass is 32.2. The molecular formula is C6H7F3O2S. The van der Waals surface area contributed by atoms with E-state index in [-0.39, 0.29) is 0 Å². The largest absolute Gasteiger partial charge is 0.451 e. The first-order valence-electron chi connectivity index (χ1n) is 3.03. The van der Waals surface area contributed by atoms with Crippen molar-refractivity contribution in [1.29, 1.82) is 0 Å². The van der Waals surface area contributed by atoms with E-state index in [9.17, 15) is 22.8 Å². The van der Waals surface area contributed by atoms with Crippen LogP contribution in [0.4, 0.5) is 13.2 Å². The predicted octanol–water partition coefficient (Wildman–Crippen LogP) is 1.79. The smallest absolute Gasteiger partial charge is 0.288 e. The summed E-state index contributed by atoms with van der Waals surface area (Å²) >= 11 is 0.381. The summed E-state index contributed by atoms with van der Waals surface area (Å²) < 4.78 is 35.0. The van der Waals surface area contributed by atoms with E-state index in [1.807, 2.05) is 0 Å². The molecule has 0 aromatic rings. The number of ketones is 1. The van der Waals surface area contributed by atoms with E-state index < -0.39 is 22.3 Å². The summed E-state index contributed by atoms with van der Waals surface area (Å²) in [7, 11) is 0. The van der Waals surface area contributed by atoms with Crippen LogP contribution in [0.25, 0.3) is 0 Å². The topological polar surface area (TPSA) is 34.1 Å². The van der Waals surface area contributed by atoms with Gasteiger partial charge in [-0.15, -0.1) is 0 Å². The normalized spacial score (nSPS) is 14.1. The van der Waals surface area contributed by atoms with Crippen LogP contribution in [0.15, 0.2) is 0 Å². The molecule has 0 aromatic carbocycles. The highest BCUT2D eigenvalue weighted by molar-refractivity contribution is 8.14. The number of alkyl halides is 3. The van der Waals surface area contributed by atoms with Gasteiger partial charge >= 0.3 is 6.18 Å². The monoisotopic (exact) mass is 200 g/mol. The SMILES string of the molecule is CC(=O)SC(C)C(=O)C(F)(F)F. The lowest BCUT2D eigenvalue weighted by Crippen LogP contribution is -2.31. The second kappa shape index (κ2) is 3.93. The summed E-state index contributed by atoms with van der Waals surface area (Å²) in [6.07, 6.45) is -4.85. The van der Waals surface area contributed by atoms with Crippen LogP contribution in [0.2, 0.25) is 0 Å². The van der Waals surface area contributed by atoms with E-state index in [0.717, 1.165) is 13.8 Å². The molecule has 0 amide bonds.